The molecule has 1 aromatic carbocycles. The third-order valence-electron chi connectivity index (χ3n) is 2.93. The molecule has 0 saturated carbocycles. The minimum absolute atomic E-state index is 0.191. The minimum atomic E-state index is 0.191. The largest absolute Gasteiger partial charge is 0.306 e. The molecule has 0 radical (unpaired) electrons. The van der Waals surface area contributed by atoms with Crippen molar-refractivity contribution in [3.8, 4) is 0 Å². The summed E-state index contributed by atoms with van der Waals surface area (Å²) in [4.78, 5) is 0. The summed E-state index contributed by atoms with van der Waals surface area (Å²) in [6.45, 7) is 5.17. The van der Waals surface area contributed by atoms with E-state index in [4.69, 9.17) is 0 Å². The van der Waals surface area contributed by atoms with Crippen LogP contribution >= 0.6 is 59.1 Å². The third-order valence-corrected chi connectivity index (χ3v) is 6.40. The summed E-state index contributed by atoms with van der Waals surface area (Å²) in [6.07, 6.45) is 0. The van der Waals surface area contributed by atoms with E-state index >= 15 is 0 Å². The highest BCUT2D eigenvalue weighted by Gasteiger charge is 2.20. The molecule has 19 heavy (non-hydrogen) atoms. The van der Waals surface area contributed by atoms with Crippen LogP contribution in [0.25, 0.3) is 0 Å². The van der Waals surface area contributed by atoms with Crippen LogP contribution in [0.5, 0.6) is 0 Å². The second kappa shape index (κ2) is 6.85. The Balaban J connectivity index is 2.51. The predicted molar refractivity (Wildman–Crippen MR) is 94.1 cm³/mol. The molecular weight excluding hydrogens is 454 g/mol. The molecule has 0 amide bonds. The van der Waals surface area contributed by atoms with E-state index in [1.54, 1.807) is 11.3 Å². The van der Waals surface area contributed by atoms with Gasteiger partial charge in [-0.15, -0.1) is 11.3 Å². The Morgan fingerprint density at radius 3 is 2.53 bits per heavy atom. The van der Waals surface area contributed by atoms with Crippen LogP contribution in [0.4, 0.5) is 0 Å². The normalized spacial score (nSPS) is 12.7. The fourth-order valence-electron chi connectivity index (χ4n) is 2.03. The number of aryl methyl sites for hydroxylation is 1. The molecule has 1 N–H and O–H groups in total. The van der Waals surface area contributed by atoms with Gasteiger partial charge in [-0.1, -0.05) is 41.1 Å². The van der Waals surface area contributed by atoms with Crippen molar-refractivity contribution in [3.63, 3.8) is 0 Å². The average molecular weight is 468 g/mol. The van der Waals surface area contributed by atoms with Crippen molar-refractivity contribution in [2.45, 2.75) is 19.9 Å². The first-order chi connectivity index (χ1) is 9.04. The second-order valence-electron chi connectivity index (χ2n) is 4.25. The Bertz CT molecular complexity index is 580. The summed E-state index contributed by atoms with van der Waals surface area (Å²) < 4.78 is 3.48. The summed E-state index contributed by atoms with van der Waals surface area (Å²) in [6, 6.07) is 8.76. The van der Waals surface area contributed by atoms with Crippen molar-refractivity contribution >= 4 is 59.1 Å². The summed E-state index contributed by atoms with van der Waals surface area (Å²) in [7, 11) is 0. The fourth-order valence-corrected chi connectivity index (χ4v) is 5.43. The first-order valence-electron chi connectivity index (χ1n) is 5.97. The van der Waals surface area contributed by atoms with Crippen LogP contribution in [-0.4, -0.2) is 6.54 Å². The van der Waals surface area contributed by atoms with Gasteiger partial charge in [-0.3, -0.25) is 0 Å². The molecule has 5 heteroatoms. The lowest BCUT2D eigenvalue weighted by atomic mass is 9.99. The number of nitrogens with one attached hydrogen (secondary N) is 1. The SMILES string of the molecule is CCNC(c1cc(Br)sc1Br)c1cccc(C)c1Br. The molecule has 102 valence electrons. The fraction of sp³-hybridized carbons (Fsp3) is 0.286. The van der Waals surface area contributed by atoms with Gasteiger partial charge in [0.05, 0.1) is 13.6 Å². The maximum absolute atomic E-state index is 3.72. The van der Waals surface area contributed by atoms with E-state index in [0.29, 0.717) is 0 Å². The lowest BCUT2D eigenvalue weighted by Gasteiger charge is -2.20. The van der Waals surface area contributed by atoms with Gasteiger partial charge in [0.1, 0.15) is 0 Å². The molecule has 0 aliphatic rings. The second-order valence-corrected chi connectivity index (χ2v) is 8.79. The number of hydrogen-bond donors (Lipinski definition) is 1. The van der Waals surface area contributed by atoms with Crippen LogP contribution in [0.3, 0.4) is 0 Å². The van der Waals surface area contributed by atoms with Crippen LogP contribution in [0.15, 0.2) is 36.3 Å². The first-order valence-corrected chi connectivity index (χ1v) is 9.17. The standard InChI is InChI=1S/C14H14Br3NS/c1-3-18-13(10-7-11(15)19-14(10)17)9-6-4-5-8(2)12(9)16/h4-7,13,18H,3H2,1-2H3. The summed E-state index contributed by atoms with van der Waals surface area (Å²) in [5, 5.41) is 3.56. The molecule has 0 fully saturated rings. The highest BCUT2D eigenvalue weighted by molar-refractivity contribution is 9.12. The monoisotopic (exact) mass is 465 g/mol. The molecule has 0 aliphatic carbocycles. The maximum Gasteiger partial charge on any atom is 0.0761 e. The Labute approximate surface area is 143 Å². The quantitative estimate of drug-likeness (QED) is 0.577. The molecule has 0 saturated heterocycles. The number of benzene rings is 1. The van der Waals surface area contributed by atoms with Crippen molar-refractivity contribution in [2.75, 3.05) is 6.54 Å². The molecule has 2 aromatic rings. The summed E-state index contributed by atoms with van der Waals surface area (Å²) in [5.41, 5.74) is 3.80. The van der Waals surface area contributed by atoms with Crippen LogP contribution in [0.1, 0.15) is 29.7 Å². The maximum atomic E-state index is 3.72. The van der Waals surface area contributed by atoms with Gasteiger partial charge in [-0.2, -0.15) is 0 Å². The molecule has 2 rings (SSSR count). The zero-order valence-corrected chi connectivity index (χ0v) is 16.2. The Hall–Kier alpha value is 0.320. The van der Waals surface area contributed by atoms with Gasteiger partial charge in [-0.05, 0) is 68.1 Å². The number of rotatable bonds is 4. The summed E-state index contributed by atoms with van der Waals surface area (Å²) >= 11 is 12.6. The van der Waals surface area contributed by atoms with E-state index < -0.39 is 0 Å². The molecule has 0 spiro atoms. The Morgan fingerprint density at radius 2 is 1.95 bits per heavy atom. The molecule has 1 unspecified atom stereocenters. The van der Waals surface area contributed by atoms with Gasteiger partial charge in [0.25, 0.3) is 0 Å². The van der Waals surface area contributed by atoms with Gasteiger partial charge in [0.15, 0.2) is 0 Å². The van der Waals surface area contributed by atoms with Crippen molar-refractivity contribution < 1.29 is 0 Å². The van der Waals surface area contributed by atoms with Gasteiger partial charge in [0.2, 0.25) is 0 Å². The van der Waals surface area contributed by atoms with Crippen LogP contribution in [0, 0.1) is 6.92 Å². The molecule has 1 heterocycles. The zero-order valence-electron chi connectivity index (χ0n) is 10.6. The Morgan fingerprint density at radius 1 is 1.21 bits per heavy atom. The van der Waals surface area contributed by atoms with Crippen molar-refractivity contribution in [1.29, 1.82) is 0 Å². The number of hydrogen-bond acceptors (Lipinski definition) is 2. The van der Waals surface area contributed by atoms with Crippen LogP contribution in [0.2, 0.25) is 0 Å². The van der Waals surface area contributed by atoms with Gasteiger partial charge in [-0.25, -0.2) is 0 Å². The minimum Gasteiger partial charge on any atom is -0.306 e. The molecule has 0 bridgehead atoms. The number of halogens is 3. The number of thiophene rings is 1. The smallest absolute Gasteiger partial charge is 0.0761 e. The highest BCUT2D eigenvalue weighted by Crippen LogP contribution is 2.40. The van der Waals surface area contributed by atoms with Gasteiger partial charge >= 0.3 is 0 Å². The van der Waals surface area contributed by atoms with Crippen LogP contribution < -0.4 is 5.32 Å². The van der Waals surface area contributed by atoms with E-state index in [1.165, 1.54) is 24.9 Å². The third kappa shape index (κ3) is 3.50. The molecule has 0 aliphatic heterocycles. The van der Waals surface area contributed by atoms with Gasteiger partial charge < -0.3 is 5.32 Å². The van der Waals surface area contributed by atoms with E-state index in [-0.39, 0.29) is 6.04 Å². The van der Waals surface area contributed by atoms with Crippen molar-refractivity contribution in [3.05, 3.63) is 53.0 Å². The molecule has 1 nitrogen and oxygen atoms in total. The molecule has 1 atom stereocenters. The molecule has 1 aromatic heterocycles. The van der Waals surface area contributed by atoms with Crippen LogP contribution in [-0.2, 0) is 0 Å². The van der Waals surface area contributed by atoms with Crippen molar-refractivity contribution in [1.82, 2.24) is 5.32 Å². The molecular formula is C14H14Br3NS. The Kier molecular flexibility index (Phi) is 5.66. The lowest BCUT2D eigenvalue weighted by Crippen LogP contribution is -2.22. The topological polar surface area (TPSA) is 12.0 Å². The lowest BCUT2D eigenvalue weighted by molar-refractivity contribution is 0.628. The van der Waals surface area contributed by atoms with Gasteiger partial charge in [0, 0.05) is 4.47 Å². The zero-order chi connectivity index (χ0) is 14.0. The van der Waals surface area contributed by atoms with E-state index in [0.717, 1.165) is 10.3 Å². The first kappa shape index (κ1) is 15.7. The average Bonchev–Trinajstić information content (AvgIpc) is 2.69. The van der Waals surface area contributed by atoms with E-state index in [1.807, 2.05) is 0 Å². The van der Waals surface area contributed by atoms with E-state index in [2.05, 4.69) is 91.2 Å². The van der Waals surface area contributed by atoms with Crippen molar-refractivity contribution in [2.24, 2.45) is 0 Å². The predicted octanol–water partition coefficient (Wildman–Crippen LogP) is 6.04. The van der Waals surface area contributed by atoms with E-state index in [9.17, 15) is 0 Å². The highest BCUT2D eigenvalue weighted by atomic mass is 79.9. The summed E-state index contributed by atoms with van der Waals surface area (Å²) in [5.74, 6) is 0.